The number of ether oxygens (including phenoxy) is 1. The van der Waals surface area contributed by atoms with Crippen LogP contribution in [0.15, 0.2) is 29.1 Å². The van der Waals surface area contributed by atoms with Crippen molar-refractivity contribution in [3.05, 3.63) is 46.0 Å². The number of aryl methyl sites for hydroxylation is 1. The third-order valence-corrected chi connectivity index (χ3v) is 3.50. The van der Waals surface area contributed by atoms with Crippen molar-refractivity contribution in [1.29, 1.82) is 0 Å². The minimum Gasteiger partial charge on any atom is -0.383 e. The fourth-order valence-electron chi connectivity index (χ4n) is 1.94. The van der Waals surface area contributed by atoms with Gasteiger partial charge in [0, 0.05) is 19.5 Å². The largest absolute Gasteiger partial charge is 0.383 e. The summed E-state index contributed by atoms with van der Waals surface area (Å²) in [4.78, 5) is 4.19. The first-order valence-electron chi connectivity index (χ1n) is 6.00. The Hall–Kier alpha value is -1.24. The number of hydrogen-bond donors (Lipinski definition) is 1. The van der Waals surface area contributed by atoms with E-state index in [0.717, 1.165) is 21.3 Å². The van der Waals surface area contributed by atoms with Gasteiger partial charge < -0.3 is 10.5 Å². The lowest BCUT2D eigenvalue weighted by Gasteiger charge is -2.15. The number of nitrogens with two attached hydrogens (primary N) is 1. The van der Waals surface area contributed by atoms with Gasteiger partial charge in [0.1, 0.15) is 0 Å². The Bertz CT molecular complexity index is 555. The van der Waals surface area contributed by atoms with Gasteiger partial charge >= 0.3 is 0 Å². The predicted octanol–water partition coefficient (Wildman–Crippen LogP) is 2.04. The van der Waals surface area contributed by atoms with Gasteiger partial charge in [-0.15, -0.1) is 0 Å². The van der Waals surface area contributed by atoms with E-state index >= 15 is 0 Å². The number of rotatable bonds is 5. The van der Waals surface area contributed by atoms with Crippen molar-refractivity contribution in [2.24, 2.45) is 5.73 Å². The Kier molecular flexibility index (Phi) is 4.68. The number of hydrogen-bond acceptors (Lipinski definition) is 4. The first-order valence-corrected chi connectivity index (χ1v) is 6.80. The molecule has 0 aliphatic heterocycles. The van der Waals surface area contributed by atoms with E-state index in [-0.39, 0.29) is 6.04 Å². The van der Waals surface area contributed by atoms with Crippen LogP contribution in [0.5, 0.6) is 0 Å². The molecule has 1 atom stereocenters. The second-order valence-corrected chi connectivity index (χ2v) is 5.22. The summed E-state index contributed by atoms with van der Waals surface area (Å²) in [6, 6.07) is 1.78. The van der Waals surface area contributed by atoms with Crippen LogP contribution in [-0.4, -0.2) is 28.5 Å². The van der Waals surface area contributed by atoms with Gasteiger partial charge in [-0.05, 0) is 34.0 Å². The number of pyridine rings is 1. The fourth-order valence-corrected chi connectivity index (χ4v) is 2.49. The molecule has 102 valence electrons. The summed E-state index contributed by atoms with van der Waals surface area (Å²) >= 11 is 3.50. The van der Waals surface area contributed by atoms with Crippen molar-refractivity contribution in [3.63, 3.8) is 0 Å². The van der Waals surface area contributed by atoms with Crippen molar-refractivity contribution in [1.82, 2.24) is 14.8 Å². The van der Waals surface area contributed by atoms with E-state index in [1.807, 2.05) is 23.9 Å². The summed E-state index contributed by atoms with van der Waals surface area (Å²) in [7, 11) is 1.67. The predicted molar refractivity (Wildman–Crippen MR) is 76.8 cm³/mol. The second-order valence-electron chi connectivity index (χ2n) is 4.37. The molecule has 0 saturated heterocycles. The smallest absolute Gasteiger partial charge is 0.0749 e. The number of methoxy groups -OCH3 is 1. The Morgan fingerprint density at radius 3 is 2.89 bits per heavy atom. The summed E-state index contributed by atoms with van der Waals surface area (Å²) < 4.78 is 7.85. The molecule has 0 aliphatic carbocycles. The summed E-state index contributed by atoms with van der Waals surface area (Å²) in [6.07, 6.45) is 5.36. The SMILES string of the molecule is COCCn1ncc(Br)c1C(N)c1cncc(C)c1. The first-order chi connectivity index (χ1) is 9.13. The second kappa shape index (κ2) is 6.27. The molecular weight excluding hydrogens is 308 g/mol. The molecule has 0 spiro atoms. The van der Waals surface area contributed by atoms with E-state index in [4.69, 9.17) is 10.5 Å². The van der Waals surface area contributed by atoms with E-state index < -0.39 is 0 Å². The normalized spacial score (nSPS) is 12.6. The molecule has 2 aromatic heterocycles. The molecule has 2 N–H and O–H groups in total. The molecule has 1 unspecified atom stereocenters. The highest BCUT2D eigenvalue weighted by Gasteiger charge is 2.18. The zero-order valence-electron chi connectivity index (χ0n) is 11.0. The number of aromatic nitrogens is 3. The van der Waals surface area contributed by atoms with Crippen LogP contribution in [0, 0.1) is 6.92 Å². The van der Waals surface area contributed by atoms with Gasteiger partial charge in [0.2, 0.25) is 0 Å². The van der Waals surface area contributed by atoms with Gasteiger partial charge in [0.15, 0.2) is 0 Å². The molecule has 5 nitrogen and oxygen atoms in total. The molecule has 2 heterocycles. The van der Waals surface area contributed by atoms with E-state index in [9.17, 15) is 0 Å². The summed E-state index contributed by atoms with van der Waals surface area (Å²) in [5, 5.41) is 4.31. The first kappa shape index (κ1) is 14.2. The summed E-state index contributed by atoms with van der Waals surface area (Å²) in [5.41, 5.74) is 9.33. The molecule has 0 aromatic carbocycles. The molecular formula is C13H17BrN4O. The van der Waals surface area contributed by atoms with Crippen LogP contribution in [0.2, 0.25) is 0 Å². The molecule has 6 heteroatoms. The summed E-state index contributed by atoms with van der Waals surface area (Å²) in [5.74, 6) is 0. The van der Waals surface area contributed by atoms with Crippen LogP contribution < -0.4 is 5.73 Å². The van der Waals surface area contributed by atoms with E-state index in [0.29, 0.717) is 13.2 Å². The lowest BCUT2D eigenvalue weighted by molar-refractivity contribution is 0.182. The molecule has 2 aromatic rings. The number of halogens is 1. The van der Waals surface area contributed by atoms with Crippen molar-refractivity contribution in [2.45, 2.75) is 19.5 Å². The molecule has 0 amide bonds. The van der Waals surface area contributed by atoms with E-state index in [1.165, 1.54) is 0 Å². The van der Waals surface area contributed by atoms with Crippen molar-refractivity contribution >= 4 is 15.9 Å². The van der Waals surface area contributed by atoms with Crippen LogP contribution >= 0.6 is 15.9 Å². The molecule has 0 aliphatic rings. The lowest BCUT2D eigenvalue weighted by atomic mass is 10.1. The monoisotopic (exact) mass is 324 g/mol. The molecule has 0 bridgehead atoms. The third kappa shape index (κ3) is 3.20. The van der Waals surface area contributed by atoms with Crippen molar-refractivity contribution < 1.29 is 4.74 Å². The minimum absolute atomic E-state index is 0.263. The highest BCUT2D eigenvalue weighted by molar-refractivity contribution is 9.10. The highest BCUT2D eigenvalue weighted by atomic mass is 79.9. The Morgan fingerprint density at radius 2 is 2.21 bits per heavy atom. The Morgan fingerprint density at radius 1 is 1.42 bits per heavy atom. The number of nitrogens with zero attached hydrogens (tertiary/aromatic N) is 3. The zero-order chi connectivity index (χ0) is 13.8. The van der Waals surface area contributed by atoms with Gasteiger partial charge in [0.05, 0.1) is 35.6 Å². The topological polar surface area (TPSA) is 66.0 Å². The van der Waals surface area contributed by atoms with E-state index in [2.05, 4.69) is 26.0 Å². The molecule has 0 saturated carbocycles. The maximum Gasteiger partial charge on any atom is 0.0749 e. The van der Waals surface area contributed by atoms with Gasteiger partial charge in [-0.25, -0.2) is 0 Å². The zero-order valence-corrected chi connectivity index (χ0v) is 12.6. The third-order valence-electron chi connectivity index (χ3n) is 2.89. The van der Waals surface area contributed by atoms with Gasteiger partial charge in [-0.2, -0.15) is 5.10 Å². The lowest BCUT2D eigenvalue weighted by Crippen LogP contribution is -2.19. The highest BCUT2D eigenvalue weighted by Crippen LogP contribution is 2.26. The maximum atomic E-state index is 6.33. The minimum atomic E-state index is -0.263. The molecule has 0 fully saturated rings. The molecule has 19 heavy (non-hydrogen) atoms. The van der Waals surface area contributed by atoms with Crippen LogP contribution in [0.4, 0.5) is 0 Å². The van der Waals surface area contributed by atoms with Gasteiger partial charge in [0.25, 0.3) is 0 Å². The quantitative estimate of drug-likeness (QED) is 0.914. The van der Waals surface area contributed by atoms with E-state index in [1.54, 1.807) is 19.5 Å². The Balaban J connectivity index is 2.32. The average molecular weight is 325 g/mol. The molecule has 0 radical (unpaired) electrons. The van der Waals surface area contributed by atoms with Crippen LogP contribution in [0.25, 0.3) is 0 Å². The van der Waals surface area contributed by atoms with Crippen molar-refractivity contribution in [2.75, 3.05) is 13.7 Å². The van der Waals surface area contributed by atoms with Crippen molar-refractivity contribution in [3.8, 4) is 0 Å². The maximum absolute atomic E-state index is 6.33. The van der Waals surface area contributed by atoms with Gasteiger partial charge in [-0.1, -0.05) is 6.07 Å². The van der Waals surface area contributed by atoms with Crippen LogP contribution in [0.3, 0.4) is 0 Å². The van der Waals surface area contributed by atoms with Gasteiger partial charge in [-0.3, -0.25) is 9.67 Å². The summed E-state index contributed by atoms with van der Waals surface area (Å²) in [6.45, 7) is 3.27. The molecule has 2 rings (SSSR count). The standard InChI is InChI=1S/C13H17BrN4O/c1-9-5-10(7-16-6-9)12(15)13-11(14)8-17-18(13)3-4-19-2/h5-8,12H,3-4,15H2,1-2H3. The fraction of sp³-hybridized carbons (Fsp3) is 0.385. The average Bonchev–Trinajstić information content (AvgIpc) is 2.76. The Labute approximate surface area is 120 Å². The van der Waals surface area contributed by atoms with Crippen LogP contribution in [-0.2, 0) is 11.3 Å². The van der Waals surface area contributed by atoms with Crippen LogP contribution in [0.1, 0.15) is 22.9 Å².